The number of hydrogen-bond donors (Lipinski definition) is 1. The molecule has 0 saturated carbocycles. The molecule has 0 fully saturated rings. The quantitative estimate of drug-likeness (QED) is 0.827. The zero-order chi connectivity index (χ0) is 12.9. The molecule has 0 aliphatic heterocycles. The lowest BCUT2D eigenvalue weighted by atomic mass is 9.96. The van der Waals surface area contributed by atoms with Crippen LogP contribution in [0.25, 0.3) is 0 Å². The molecule has 0 saturated heterocycles. The van der Waals surface area contributed by atoms with Crippen LogP contribution in [-0.2, 0) is 15.1 Å². The highest BCUT2D eigenvalue weighted by atomic mass is 16.5. The molecule has 17 heavy (non-hydrogen) atoms. The first-order chi connectivity index (χ1) is 8.04. The van der Waals surface area contributed by atoms with Gasteiger partial charge in [-0.3, -0.25) is 0 Å². The number of hydrogen-bond acceptors (Lipinski definition) is 3. The molecule has 1 rings (SSSR count). The van der Waals surface area contributed by atoms with Crippen LogP contribution >= 0.6 is 0 Å². The topological polar surface area (TPSA) is 55.8 Å². The first-order valence-corrected chi connectivity index (χ1v) is 5.56. The molecule has 0 aliphatic carbocycles. The van der Waals surface area contributed by atoms with Crippen molar-refractivity contribution < 1.29 is 19.4 Å². The molecule has 1 atom stereocenters. The van der Waals surface area contributed by atoms with Crippen molar-refractivity contribution in [2.45, 2.75) is 25.9 Å². The average Bonchev–Trinajstić information content (AvgIpc) is 2.35. The second-order valence-electron chi connectivity index (χ2n) is 3.92. The molecule has 0 amide bonds. The van der Waals surface area contributed by atoms with E-state index in [1.54, 1.807) is 38.3 Å². The third-order valence-electron chi connectivity index (χ3n) is 2.64. The van der Waals surface area contributed by atoms with Crippen LogP contribution in [0.15, 0.2) is 24.3 Å². The van der Waals surface area contributed by atoms with E-state index in [4.69, 9.17) is 9.47 Å². The number of carboxylic acid groups (broad SMARTS) is 1. The summed E-state index contributed by atoms with van der Waals surface area (Å²) in [6.45, 7) is 3.91. The van der Waals surface area contributed by atoms with Crippen LogP contribution in [0.3, 0.4) is 0 Å². The van der Waals surface area contributed by atoms with Gasteiger partial charge >= 0.3 is 5.97 Å². The fourth-order valence-corrected chi connectivity index (χ4v) is 1.48. The molecule has 4 nitrogen and oxygen atoms in total. The van der Waals surface area contributed by atoms with Gasteiger partial charge in [0.2, 0.25) is 0 Å². The van der Waals surface area contributed by atoms with Crippen molar-refractivity contribution in [2.24, 2.45) is 0 Å². The molecular weight excluding hydrogens is 220 g/mol. The van der Waals surface area contributed by atoms with Gasteiger partial charge in [-0.05, 0) is 31.0 Å². The predicted octanol–water partition coefficient (Wildman–Crippen LogP) is 2.42. The van der Waals surface area contributed by atoms with Crippen LogP contribution in [0.4, 0.5) is 0 Å². The third kappa shape index (κ3) is 2.97. The number of rotatable bonds is 6. The van der Waals surface area contributed by atoms with Gasteiger partial charge in [-0.25, -0.2) is 4.79 Å². The zero-order valence-electron chi connectivity index (χ0n) is 10.4. The molecule has 1 unspecified atom stereocenters. The lowest BCUT2D eigenvalue weighted by Gasteiger charge is -2.25. The fraction of sp³-hybridized carbons (Fsp3) is 0.462. The maximum atomic E-state index is 11.3. The normalized spacial score (nSPS) is 14.1. The van der Waals surface area contributed by atoms with Crippen LogP contribution in [0.2, 0.25) is 0 Å². The van der Waals surface area contributed by atoms with Crippen molar-refractivity contribution in [3.05, 3.63) is 29.8 Å². The SMILES string of the molecule is CCCOC(C)(C(=O)O)c1ccc(OC)cc1. The Balaban J connectivity index is 3.00. The van der Waals surface area contributed by atoms with E-state index in [0.717, 1.165) is 6.42 Å². The monoisotopic (exact) mass is 238 g/mol. The number of carboxylic acids is 1. The maximum Gasteiger partial charge on any atom is 0.340 e. The van der Waals surface area contributed by atoms with Crippen molar-refractivity contribution >= 4 is 5.97 Å². The van der Waals surface area contributed by atoms with Crippen molar-refractivity contribution in [2.75, 3.05) is 13.7 Å². The molecule has 0 aliphatic rings. The van der Waals surface area contributed by atoms with Gasteiger partial charge in [0.05, 0.1) is 7.11 Å². The molecule has 4 heteroatoms. The molecule has 0 aromatic heterocycles. The van der Waals surface area contributed by atoms with Crippen LogP contribution < -0.4 is 4.74 Å². The first kappa shape index (κ1) is 13.5. The summed E-state index contributed by atoms with van der Waals surface area (Å²) >= 11 is 0. The Hall–Kier alpha value is -1.55. The van der Waals surface area contributed by atoms with Crippen molar-refractivity contribution in [3.63, 3.8) is 0 Å². The number of methoxy groups -OCH3 is 1. The molecule has 0 bridgehead atoms. The maximum absolute atomic E-state index is 11.3. The Kier molecular flexibility index (Phi) is 4.52. The van der Waals surface area contributed by atoms with Gasteiger partial charge in [0.25, 0.3) is 0 Å². The van der Waals surface area contributed by atoms with Crippen LogP contribution in [-0.4, -0.2) is 24.8 Å². The van der Waals surface area contributed by atoms with Crippen LogP contribution in [0.5, 0.6) is 5.75 Å². The molecule has 1 N–H and O–H groups in total. The summed E-state index contributed by atoms with van der Waals surface area (Å²) in [5, 5.41) is 9.28. The smallest absolute Gasteiger partial charge is 0.340 e. The highest BCUT2D eigenvalue weighted by Crippen LogP contribution is 2.27. The summed E-state index contributed by atoms with van der Waals surface area (Å²) in [6, 6.07) is 6.88. The number of carbonyl (C=O) groups is 1. The van der Waals surface area contributed by atoms with Gasteiger partial charge in [-0.15, -0.1) is 0 Å². The Morgan fingerprint density at radius 1 is 1.35 bits per heavy atom. The van der Waals surface area contributed by atoms with Gasteiger partial charge in [0.1, 0.15) is 5.75 Å². The second kappa shape index (κ2) is 5.68. The molecule has 94 valence electrons. The van der Waals surface area contributed by atoms with E-state index in [-0.39, 0.29) is 0 Å². The molecular formula is C13H18O4. The van der Waals surface area contributed by atoms with Crippen molar-refractivity contribution in [3.8, 4) is 5.75 Å². The average molecular weight is 238 g/mol. The Morgan fingerprint density at radius 3 is 2.35 bits per heavy atom. The van der Waals surface area contributed by atoms with Gasteiger partial charge in [0, 0.05) is 6.61 Å². The molecule has 0 radical (unpaired) electrons. The Bertz CT molecular complexity index is 372. The van der Waals surface area contributed by atoms with Crippen LogP contribution in [0, 0.1) is 0 Å². The highest BCUT2D eigenvalue weighted by molar-refractivity contribution is 5.79. The third-order valence-corrected chi connectivity index (χ3v) is 2.64. The van der Waals surface area contributed by atoms with E-state index in [9.17, 15) is 9.90 Å². The summed E-state index contributed by atoms with van der Waals surface area (Å²) < 4.78 is 10.5. The van der Waals surface area contributed by atoms with E-state index in [0.29, 0.717) is 17.9 Å². The minimum Gasteiger partial charge on any atom is -0.497 e. The van der Waals surface area contributed by atoms with E-state index in [2.05, 4.69) is 0 Å². The van der Waals surface area contributed by atoms with E-state index >= 15 is 0 Å². The van der Waals surface area contributed by atoms with Crippen molar-refractivity contribution in [1.82, 2.24) is 0 Å². The fourth-order valence-electron chi connectivity index (χ4n) is 1.48. The molecule has 0 spiro atoms. The van der Waals surface area contributed by atoms with Gasteiger partial charge in [0.15, 0.2) is 5.60 Å². The summed E-state index contributed by atoms with van der Waals surface area (Å²) in [7, 11) is 1.57. The van der Waals surface area contributed by atoms with Crippen molar-refractivity contribution in [1.29, 1.82) is 0 Å². The summed E-state index contributed by atoms with van der Waals surface area (Å²) in [5.74, 6) is -0.298. The molecule has 0 heterocycles. The van der Waals surface area contributed by atoms with Gasteiger partial charge in [-0.1, -0.05) is 19.1 Å². The summed E-state index contributed by atoms with van der Waals surface area (Å²) in [6.07, 6.45) is 0.777. The summed E-state index contributed by atoms with van der Waals surface area (Å²) in [4.78, 5) is 11.3. The Labute approximate surface area is 101 Å². The first-order valence-electron chi connectivity index (χ1n) is 5.56. The second-order valence-corrected chi connectivity index (χ2v) is 3.92. The number of ether oxygens (including phenoxy) is 2. The lowest BCUT2D eigenvalue weighted by molar-refractivity contribution is -0.165. The highest BCUT2D eigenvalue weighted by Gasteiger charge is 2.36. The van der Waals surface area contributed by atoms with Gasteiger partial charge in [-0.2, -0.15) is 0 Å². The number of aliphatic carboxylic acids is 1. The van der Waals surface area contributed by atoms with E-state index in [1.807, 2.05) is 6.92 Å². The molecule has 1 aromatic rings. The Morgan fingerprint density at radius 2 is 1.94 bits per heavy atom. The van der Waals surface area contributed by atoms with E-state index < -0.39 is 11.6 Å². The standard InChI is InChI=1S/C13H18O4/c1-4-9-17-13(2,12(14)15)10-5-7-11(16-3)8-6-10/h5-8H,4,9H2,1-3H3,(H,14,15). The van der Waals surface area contributed by atoms with Crippen LogP contribution in [0.1, 0.15) is 25.8 Å². The molecule has 1 aromatic carbocycles. The minimum atomic E-state index is -1.30. The summed E-state index contributed by atoms with van der Waals surface area (Å²) in [5.41, 5.74) is -0.693. The van der Waals surface area contributed by atoms with Gasteiger partial charge < -0.3 is 14.6 Å². The minimum absolute atomic E-state index is 0.412. The van der Waals surface area contributed by atoms with E-state index in [1.165, 1.54) is 0 Å². The zero-order valence-corrected chi connectivity index (χ0v) is 10.4. The predicted molar refractivity (Wildman–Crippen MR) is 64.2 cm³/mol. The lowest BCUT2D eigenvalue weighted by Crippen LogP contribution is -2.35. The largest absolute Gasteiger partial charge is 0.497 e. The number of benzene rings is 1.